The van der Waals surface area contributed by atoms with Gasteiger partial charge in [0.2, 0.25) is 5.96 Å². The van der Waals surface area contributed by atoms with Gasteiger partial charge in [0.1, 0.15) is 29.3 Å². The summed E-state index contributed by atoms with van der Waals surface area (Å²) in [4.78, 5) is 8.44. The first-order chi connectivity index (χ1) is 12.9. The van der Waals surface area contributed by atoms with Crippen molar-refractivity contribution >= 4 is 39.2 Å². The fourth-order valence-electron chi connectivity index (χ4n) is 2.75. The molecule has 0 bridgehead atoms. The number of hydrogen-bond donors (Lipinski definition) is 4. The van der Waals surface area contributed by atoms with E-state index in [-0.39, 0.29) is 45.7 Å². The van der Waals surface area contributed by atoms with E-state index in [2.05, 4.69) is 36.5 Å². The molecular formula is C16H12BrFN8O. The first kappa shape index (κ1) is 18.2. The van der Waals surface area contributed by atoms with Crippen LogP contribution in [0.1, 0.15) is 22.7 Å². The average Bonchev–Trinajstić information content (AvgIpc) is 2.62. The second-order valence-corrected chi connectivity index (χ2v) is 6.23. The van der Waals surface area contributed by atoms with Crippen LogP contribution in [0.4, 0.5) is 21.7 Å². The number of aliphatic imine (C=N–C) groups is 1. The molecule has 1 aromatic carbocycles. The van der Waals surface area contributed by atoms with Crippen molar-refractivity contribution < 1.29 is 9.13 Å². The van der Waals surface area contributed by atoms with E-state index in [1.807, 2.05) is 6.07 Å². The minimum absolute atomic E-state index is 0.000701. The summed E-state index contributed by atoms with van der Waals surface area (Å²) in [6, 6.07) is 3.92. The van der Waals surface area contributed by atoms with Crippen molar-refractivity contribution in [3.05, 3.63) is 39.1 Å². The number of ether oxygens (including phenoxy) is 1. The maximum absolute atomic E-state index is 15.0. The van der Waals surface area contributed by atoms with Crippen molar-refractivity contribution in [2.24, 2.45) is 4.99 Å². The summed E-state index contributed by atoms with van der Waals surface area (Å²) < 4.78 is 20.5. The number of benzene rings is 1. The van der Waals surface area contributed by atoms with Crippen molar-refractivity contribution in [1.29, 1.82) is 10.5 Å². The number of nitrogens with two attached hydrogens (primary N) is 2. The standard InChI is InChI=1S/C16H12BrFN8O/c1-27-8-3-2-7(17)9(11(8)18)13-10-12(21)6(4-19)14(22)25-15(10)26-16(24-13)23-5-20/h2-3,13H,1H3,(H6,21,22,23,24,25,26). The van der Waals surface area contributed by atoms with Crippen LogP contribution in [-0.2, 0) is 0 Å². The molecule has 0 saturated carbocycles. The number of nitrogen functional groups attached to an aromatic ring is 2. The summed E-state index contributed by atoms with van der Waals surface area (Å²) in [5.41, 5.74) is 12.3. The van der Waals surface area contributed by atoms with Crippen LogP contribution in [-0.4, -0.2) is 18.1 Å². The lowest BCUT2D eigenvalue weighted by Crippen LogP contribution is -2.33. The van der Waals surface area contributed by atoms with Crippen molar-refractivity contribution in [2.45, 2.75) is 6.04 Å². The smallest absolute Gasteiger partial charge is 0.211 e. The van der Waals surface area contributed by atoms with Crippen LogP contribution in [0.25, 0.3) is 0 Å². The molecule has 0 radical (unpaired) electrons. The zero-order valence-corrected chi connectivity index (χ0v) is 15.4. The maximum atomic E-state index is 15.0. The van der Waals surface area contributed by atoms with E-state index in [4.69, 9.17) is 21.5 Å². The number of nitriles is 2. The summed E-state index contributed by atoms with van der Waals surface area (Å²) in [5, 5.41) is 23.3. The monoisotopic (exact) mass is 430 g/mol. The molecule has 1 unspecified atom stereocenters. The summed E-state index contributed by atoms with van der Waals surface area (Å²) in [6.07, 6.45) is 1.73. The van der Waals surface area contributed by atoms with Gasteiger partial charge in [0, 0.05) is 15.6 Å². The van der Waals surface area contributed by atoms with Crippen LogP contribution in [0.15, 0.2) is 21.6 Å². The van der Waals surface area contributed by atoms with Crippen molar-refractivity contribution in [3.63, 3.8) is 0 Å². The Morgan fingerprint density at radius 1 is 1.33 bits per heavy atom. The number of rotatable bonds is 2. The molecular weight excluding hydrogens is 419 g/mol. The van der Waals surface area contributed by atoms with Gasteiger partial charge in [0.25, 0.3) is 0 Å². The molecule has 9 nitrogen and oxygen atoms in total. The predicted molar refractivity (Wildman–Crippen MR) is 100 cm³/mol. The highest BCUT2D eigenvalue weighted by Crippen LogP contribution is 2.44. The summed E-state index contributed by atoms with van der Waals surface area (Å²) in [7, 11) is 1.34. The highest BCUT2D eigenvalue weighted by Gasteiger charge is 2.33. The Balaban J connectivity index is 2.34. The van der Waals surface area contributed by atoms with Gasteiger partial charge in [-0.1, -0.05) is 15.9 Å². The van der Waals surface area contributed by atoms with Gasteiger partial charge in [-0.3, -0.25) is 5.32 Å². The van der Waals surface area contributed by atoms with Crippen LogP contribution >= 0.6 is 15.9 Å². The van der Waals surface area contributed by atoms with Gasteiger partial charge in [0.05, 0.1) is 12.8 Å². The van der Waals surface area contributed by atoms with Gasteiger partial charge in [-0.2, -0.15) is 10.5 Å². The molecule has 2 aromatic rings. The van der Waals surface area contributed by atoms with Crippen molar-refractivity contribution in [3.8, 4) is 18.0 Å². The Morgan fingerprint density at radius 2 is 2.07 bits per heavy atom. The lowest BCUT2D eigenvalue weighted by atomic mass is 9.94. The third-order valence-electron chi connectivity index (χ3n) is 3.94. The van der Waals surface area contributed by atoms with Crippen molar-refractivity contribution in [1.82, 2.24) is 10.3 Å². The molecule has 1 atom stereocenters. The fourth-order valence-corrected chi connectivity index (χ4v) is 3.27. The molecule has 3 rings (SSSR count). The van der Waals surface area contributed by atoms with Crippen LogP contribution in [0.3, 0.4) is 0 Å². The Bertz CT molecular complexity index is 1060. The number of anilines is 3. The quantitative estimate of drug-likeness (QED) is 0.415. The molecule has 6 N–H and O–H groups in total. The lowest BCUT2D eigenvalue weighted by Gasteiger charge is -2.27. The Labute approximate surface area is 161 Å². The molecule has 0 spiro atoms. The first-order valence-electron chi connectivity index (χ1n) is 7.43. The van der Waals surface area contributed by atoms with Crippen LogP contribution in [0.2, 0.25) is 0 Å². The van der Waals surface area contributed by atoms with E-state index < -0.39 is 11.9 Å². The molecule has 2 heterocycles. The van der Waals surface area contributed by atoms with E-state index in [9.17, 15) is 5.26 Å². The van der Waals surface area contributed by atoms with E-state index in [1.54, 1.807) is 12.3 Å². The van der Waals surface area contributed by atoms with Gasteiger partial charge in [-0.25, -0.2) is 14.4 Å². The van der Waals surface area contributed by atoms with Crippen molar-refractivity contribution in [2.75, 3.05) is 23.9 Å². The first-order valence-corrected chi connectivity index (χ1v) is 8.22. The Morgan fingerprint density at radius 3 is 2.70 bits per heavy atom. The topological polar surface area (TPSA) is 158 Å². The number of methoxy groups -OCH3 is 1. The molecule has 0 amide bonds. The molecule has 27 heavy (non-hydrogen) atoms. The van der Waals surface area contributed by atoms with E-state index in [0.717, 1.165) is 0 Å². The highest BCUT2D eigenvalue weighted by atomic mass is 79.9. The summed E-state index contributed by atoms with van der Waals surface area (Å²) in [6.45, 7) is 0. The third-order valence-corrected chi connectivity index (χ3v) is 4.63. The van der Waals surface area contributed by atoms with Gasteiger partial charge in [-0.15, -0.1) is 0 Å². The normalized spacial score (nSPS) is 14.9. The maximum Gasteiger partial charge on any atom is 0.211 e. The van der Waals surface area contributed by atoms with E-state index >= 15 is 4.39 Å². The molecule has 136 valence electrons. The number of halogens is 2. The number of guanidine groups is 1. The molecule has 0 aliphatic carbocycles. The number of pyridine rings is 1. The second-order valence-electron chi connectivity index (χ2n) is 5.38. The zero-order chi connectivity index (χ0) is 19.7. The second kappa shape index (κ2) is 6.97. The number of nitrogens with one attached hydrogen (secondary N) is 2. The van der Waals surface area contributed by atoms with E-state index in [1.165, 1.54) is 13.2 Å². The van der Waals surface area contributed by atoms with Gasteiger partial charge in [-0.05, 0) is 12.1 Å². The minimum atomic E-state index is -1.01. The molecule has 0 saturated heterocycles. The number of hydrogen-bond acceptors (Lipinski definition) is 9. The fraction of sp³-hybridized carbons (Fsp3) is 0.125. The summed E-state index contributed by atoms with van der Waals surface area (Å²) in [5.74, 6) is -0.570. The zero-order valence-electron chi connectivity index (χ0n) is 13.8. The highest BCUT2D eigenvalue weighted by molar-refractivity contribution is 9.10. The number of fused-ring (bicyclic) bond motifs is 1. The lowest BCUT2D eigenvalue weighted by molar-refractivity contribution is 0.383. The number of aromatic nitrogens is 1. The molecule has 0 fully saturated rings. The molecule has 11 heteroatoms. The third kappa shape index (κ3) is 2.94. The Kier molecular flexibility index (Phi) is 4.71. The average molecular weight is 431 g/mol. The van der Waals surface area contributed by atoms with Crippen LogP contribution in [0.5, 0.6) is 5.75 Å². The Hall–Kier alpha value is -3.57. The van der Waals surface area contributed by atoms with Gasteiger partial charge >= 0.3 is 0 Å². The largest absolute Gasteiger partial charge is 0.494 e. The van der Waals surface area contributed by atoms with Gasteiger partial charge in [0.15, 0.2) is 17.8 Å². The molecule has 1 aromatic heterocycles. The SMILES string of the molecule is COc1ccc(Br)c(C2N=C(NC#N)Nc3nc(N)c(C#N)c(N)c32)c1F. The van der Waals surface area contributed by atoms with E-state index in [0.29, 0.717) is 4.47 Å². The minimum Gasteiger partial charge on any atom is -0.494 e. The predicted octanol–water partition coefficient (Wildman–Crippen LogP) is 1.97. The van der Waals surface area contributed by atoms with Gasteiger partial charge < -0.3 is 21.5 Å². The molecule has 1 aliphatic heterocycles. The summed E-state index contributed by atoms with van der Waals surface area (Å²) >= 11 is 3.31. The van der Waals surface area contributed by atoms with Crippen LogP contribution < -0.4 is 26.8 Å². The number of nitrogens with zero attached hydrogens (tertiary/aromatic N) is 4. The molecule has 1 aliphatic rings. The van der Waals surface area contributed by atoms with Crippen LogP contribution in [0, 0.1) is 28.6 Å².